The van der Waals surface area contributed by atoms with Crippen molar-refractivity contribution >= 4 is 35.1 Å². The van der Waals surface area contributed by atoms with E-state index in [9.17, 15) is 29.3 Å². The van der Waals surface area contributed by atoms with Crippen molar-refractivity contribution in [2.75, 3.05) is 11.9 Å². The van der Waals surface area contributed by atoms with E-state index >= 15 is 0 Å². The number of ether oxygens (including phenoxy) is 1. The summed E-state index contributed by atoms with van der Waals surface area (Å²) >= 11 is 0. The van der Waals surface area contributed by atoms with Crippen molar-refractivity contribution in [2.24, 2.45) is 5.92 Å². The number of fused-ring (bicyclic) bond motifs is 1. The number of esters is 1. The first-order valence-corrected chi connectivity index (χ1v) is 10.3. The first-order valence-electron chi connectivity index (χ1n) is 10.3. The maximum atomic E-state index is 13.0. The molecule has 0 saturated heterocycles. The summed E-state index contributed by atoms with van der Waals surface area (Å²) in [5, 5.41) is 14.0. The Morgan fingerprint density at radius 3 is 2.42 bits per heavy atom. The zero-order chi connectivity index (χ0) is 24.3. The van der Waals surface area contributed by atoms with Gasteiger partial charge in [0.1, 0.15) is 11.6 Å². The molecule has 0 spiro atoms. The van der Waals surface area contributed by atoms with E-state index in [1.807, 2.05) is 19.1 Å². The van der Waals surface area contributed by atoms with Crippen LogP contribution >= 0.6 is 0 Å². The highest BCUT2D eigenvalue weighted by Gasteiger charge is 2.47. The molecule has 0 radical (unpaired) electrons. The number of benzene rings is 2. The lowest BCUT2D eigenvalue weighted by molar-refractivity contribution is -0.385. The molecule has 2 aromatic rings. The molecule has 0 aliphatic carbocycles. The van der Waals surface area contributed by atoms with Crippen LogP contribution in [0.2, 0.25) is 0 Å². The van der Waals surface area contributed by atoms with E-state index in [2.05, 4.69) is 5.32 Å². The number of nitrogens with one attached hydrogen (secondary N) is 1. The highest BCUT2D eigenvalue weighted by atomic mass is 16.6. The quantitative estimate of drug-likeness (QED) is 0.281. The summed E-state index contributed by atoms with van der Waals surface area (Å²) in [6.07, 6.45) is 0.0670. The minimum atomic E-state index is -1.33. The first kappa shape index (κ1) is 23.6. The van der Waals surface area contributed by atoms with Gasteiger partial charge in [-0.1, -0.05) is 38.1 Å². The van der Waals surface area contributed by atoms with Gasteiger partial charge in [0.2, 0.25) is 0 Å². The topological polar surface area (TPSA) is 136 Å². The third kappa shape index (κ3) is 4.89. The number of hydrogen-bond donors (Lipinski definition) is 1. The lowest BCUT2D eigenvalue weighted by Gasteiger charge is -2.25. The maximum absolute atomic E-state index is 13.0. The largest absolute Gasteiger partial charge is 0.454 e. The van der Waals surface area contributed by atoms with Gasteiger partial charge in [-0.3, -0.25) is 29.4 Å². The van der Waals surface area contributed by atoms with Crippen LogP contribution in [0.4, 0.5) is 11.4 Å². The Hall–Kier alpha value is -4.08. The van der Waals surface area contributed by atoms with Crippen molar-refractivity contribution in [1.29, 1.82) is 0 Å². The molecule has 0 unspecified atom stereocenters. The SMILES string of the molecule is Cc1ccccc1NC(=O)COC(=O)[C@@H](CC(C)C)N1C(=O)c2cccc([N+](=O)[O-])c2C1=O. The lowest BCUT2D eigenvalue weighted by atomic mass is 10.0. The second-order valence-electron chi connectivity index (χ2n) is 8.05. The normalized spacial score (nSPS) is 13.6. The fourth-order valence-electron chi connectivity index (χ4n) is 3.61. The molecular weight excluding hydrogens is 430 g/mol. The monoisotopic (exact) mass is 453 g/mol. The molecular formula is C23H23N3O7. The van der Waals surface area contributed by atoms with Gasteiger partial charge in [-0.05, 0) is 37.0 Å². The molecule has 10 nitrogen and oxygen atoms in total. The fraction of sp³-hybridized carbons (Fsp3) is 0.304. The van der Waals surface area contributed by atoms with Crippen LogP contribution in [0.25, 0.3) is 0 Å². The van der Waals surface area contributed by atoms with Gasteiger partial charge >= 0.3 is 5.97 Å². The minimum absolute atomic E-state index is 0.0670. The summed E-state index contributed by atoms with van der Waals surface area (Å²) in [5.41, 5.74) is 0.370. The van der Waals surface area contributed by atoms with Crippen molar-refractivity contribution < 1.29 is 28.8 Å². The van der Waals surface area contributed by atoms with E-state index < -0.39 is 47.0 Å². The number of nitro benzene ring substituents is 1. The minimum Gasteiger partial charge on any atom is -0.454 e. The summed E-state index contributed by atoms with van der Waals surface area (Å²) in [6, 6.07) is 9.46. The number of imide groups is 1. The number of hydrogen-bond acceptors (Lipinski definition) is 7. The van der Waals surface area contributed by atoms with Gasteiger partial charge in [0.15, 0.2) is 6.61 Å². The van der Waals surface area contributed by atoms with Crippen LogP contribution in [0, 0.1) is 23.0 Å². The highest BCUT2D eigenvalue weighted by molar-refractivity contribution is 6.24. The fourth-order valence-corrected chi connectivity index (χ4v) is 3.61. The second kappa shape index (κ2) is 9.60. The standard InChI is InChI=1S/C23H23N3O7/c1-13(2)11-18(23(30)33-12-19(27)24-16-9-5-4-7-14(16)3)25-21(28)15-8-6-10-17(26(31)32)20(15)22(25)29/h4-10,13,18H,11-12H2,1-3H3,(H,24,27)/t18-/m1/s1. The van der Waals surface area contributed by atoms with E-state index in [0.29, 0.717) is 10.6 Å². The number of anilines is 1. The Morgan fingerprint density at radius 1 is 1.09 bits per heavy atom. The van der Waals surface area contributed by atoms with Crippen LogP contribution in [-0.4, -0.2) is 46.2 Å². The molecule has 2 aromatic carbocycles. The van der Waals surface area contributed by atoms with Crippen LogP contribution in [0.1, 0.15) is 46.5 Å². The number of nitro groups is 1. The number of aryl methyl sites for hydroxylation is 1. The van der Waals surface area contributed by atoms with E-state index in [4.69, 9.17) is 4.74 Å². The smallest absolute Gasteiger partial charge is 0.329 e. The molecule has 1 aliphatic heterocycles. The van der Waals surface area contributed by atoms with Gasteiger partial charge in [-0.15, -0.1) is 0 Å². The first-order chi connectivity index (χ1) is 15.6. The van der Waals surface area contributed by atoms with Crippen LogP contribution in [0.15, 0.2) is 42.5 Å². The Morgan fingerprint density at radius 2 is 1.79 bits per heavy atom. The van der Waals surface area contributed by atoms with Gasteiger partial charge < -0.3 is 10.1 Å². The molecule has 1 aliphatic rings. The number of carbonyl (C=O) groups excluding carboxylic acids is 4. The molecule has 0 saturated carbocycles. The number of amides is 3. The van der Waals surface area contributed by atoms with Gasteiger partial charge in [0, 0.05) is 11.8 Å². The van der Waals surface area contributed by atoms with Crippen molar-refractivity contribution in [3.05, 3.63) is 69.3 Å². The van der Waals surface area contributed by atoms with Gasteiger partial charge in [0.25, 0.3) is 23.4 Å². The Balaban J connectivity index is 1.79. The van der Waals surface area contributed by atoms with E-state index in [1.165, 1.54) is 12.1 Å². The number of para-hydroxylation sites is 1. The predicted molar refractivity (Wildman–Crippen MR) is 118 cm³/mol. The van der Waals surface area contributed by atoms with Crippen LogP contribution in [-0.2, 0) is 14.3 Å². The van der Waals surface area contributed by atoms with Crippen LogP contribution in [0.5, 0.6) is 0 Å². The second-order valence-corrected chi connectivity index (χ2v) is 8.05. The molecule has 0 aromatic heterocycles. The maximum Gasteiger partial charge on any atom is 0.329 e. The molecule has 1 atom stereocenters. The summed E-state index contributed by atoms with van der Waals surface area (Å²) in [7, 11) is 0. The van der Waals surface area contributed by atoms with E-state index in [-0.39, 0.29) is 23.5 Å². The van der Waals surface area contributed by atoms with Crippen LogP contribution < -0.4 is 5.32 Å². The number of nitrogens with zero attached hydrogens (tertiary/aromatic N) is 2. The molecule has 3 amide bonds. The Labute approximate surface area is 189 Å². The summed E-state index contributed by atoms with van der Waals surface area (Å²) in [6.45, 7) is 4.75. The molecule has 0 fully saturated rings. The van der Waals surface area contributed by atoms with Crippen LogP contribution in [0.3, 0.4) is 0 Å². The van der Waals surface area contributed by atoms with Gasteiger partial charge in [0.05, 0.1) is 10.5 Å². The molecule has 10 heteroatoms. The Bertz CT molecular complexity index is 1140. The lowest BCUT2D eigenvalue weighted by Crippen LogP contribution is -2.47. The predicted octanol–water partition coefficient (Wildman–Crippen LogP) is 3.10. The summed E-state index contributed by atoms with van der Waals surface area (Å²) < 4.78 is 5.13. The molecule has 3 rings (SSSR count). The van der Waals surface area contributed by atoms with Crippen molar-refractivity contribution in [3.63, 3.8) is 0 Å². The average Bonchev–Trinajstić information content (AvgIpc) is 3.02. The van der Waals surface area contributed by atoms with E-state index in [0.717, 1.165) is 11.6 Å². The van der Waals surface area contributed by atoms with Crippen molar-refractivity contribution in [2.45, 2.75) is 33.2 Å². The zero-order valence-corrected chi connectivity index (χ0v) is 18.4. The van der Waals surface area contributed by atoms with Gasteiger partial charge in [-0.2, -0.15) is 0 Å². The average molecular weight is 453 g/mol. The molecule has 33 heavy (non-hydrogen) atoms. The van der Waals surface area contributed by atoms with E-state index in [1.54, 1.807) is 26.0 Å². The number of carbonyl (C=O) groups is 4. The highest BCUT2D eigenvalue weighted by Crippen LogP contribution is 2.33. The van der Waals surface area contributed by atoms with Gasteiger partial charge in [-0.25, -0.2) is 4.79 Å². The molecule has 172 valence electrons. The van der Waals surface area contributed by atoms with Crippen molar-refractivity contribution in [3.8, 4) is 0 Å². The molecule has 1 heterocycles. The van der Waals surface area contributed by atoms with Crippen molar-refractivity contribution in [1.82, 2.24) is 4.90 Å². The third-order valence-electron chi connectivity index (χ3n) is 5.16. The zero-order valence-electron chi connectivity index (χ0n) is 18.4. The Kier molecular flexibility index (Phi) is 6.86. The molecule has 0 bridgehead atoms. The molecule has 1 N–H and O–H groups in total. The summed E-state index contributed by atoms with van der Waals surface area (Å²) in [5.74, 6) is -3.40. The third-order valence-corrected chi connectivity index (χ3v) is 5.16. The summed E-state index contributed by atoms with van der Waals surface area (Å²) in [4.78, 5) is 62.3. The number of rotatable bonds is 8.